The first-order valence-corrected chi connectivity index (χ1v) is 13.5. The molecule has 0 fully saturated rings. The van der Waals surface area contributed by atoms with E-state index in [0.29, 0.717) is 23.7 Å². The van der Waals surface area contributed by atoms with E-state index < -0.39 is 0 Å². The average molecular weight is 528 g/mol. The summed E-state index contributed by atoms with van der Waals surface area (Å²) in [6.07, 6.45) is 2.06. The highest BCUT2D eigenvalue weighted by atomic mass is 32.1. The number of nitriles is 1. The molecule has 3 heterocycles. The molecule has 0 aliphatic carbocycles. The second-order valence-corrected chi connectivity index (χ2v) is 10.3. The molecular formula is C32H25N5OS. The second kappa shape index (κ2) is 10.2. The van der Waals surface area contributed by atoms with Gasteiger partial charge >= 0.3 is 0 Å². The minimum Gasteiger partial charge on any atom is -0.477 e. The first kappa shape index (κ1) is 24.5. The van der Waals surface area contributed by atoms with Crippen LogP contribution in [0.1, 0.15) is 23.6 Å². The minimum absolute atomic E-state index is 0.342. The molecule has 0 saturated heterocycles. The van der Waals surface area contributed by atoms with Crippen LogP contribution in [0.25, 0.3) is 37.2 Å². The summed E-state index contributed by atoms with van der Waals surface area (Å²) >= 11 is 1.53. The number of ether oxygens (including phenoxy) is 1. The molecule has 0 bridgehead atoms. The quantitative estimate of drug-likeness (QED) is 0.234. The maximum Gasteiger partial charge on any atom is 0.235 e. The Hall–Kier alpha value is -4.80. The van der Waals surface area contributed by atoms with Gasteiger partial charge in [-0.2, -0.15) is 5.26 Å². The molecule has 39 heavy (non-hydrogen) atoms. The normalized spacial score (nSPS) is 11.7. The zero-order valence-electron chi connectivity index (χ0n) is 21.8. The van der Waals surface area contributed by atoms with Crippen molar-refractivity contribution < 1.29 is 4.74 Å². The molecule has 0 saturated carbocycles. The van der Waals surface area contributed by atoms with Gasteiger partial charge in [-0.15, -0.1) is 11.3 Å². The lowest BCUT2D eigenvalue weighted by molar-refractivity contribution is 0.327. The molecule has 0 aliphatic rings. The molecule has 0 atom stereocenters. The van der Waals surface area contributed by atoms with Crippen molar-refractivity contribution in [3.05, 3.63) is 107 Å². The van der Waals surface area contributed by atoms with Gasteiger partial charge in [-0.3, -0.25) is 4.57 Å². The standard InChI is InChI=1S/C32H25N5OS/c1-4-38-30-25(18-33)27(22-8-6-5-7-9-22)28-29-26(39-31(28)36-30)19-37(24-16-12-21(3)13-17-24)32(35-29)34-23-14-10-20(2)11-15-23/h5-17,19H,4H2,1-3H3. The summed E-state index contributed by atoms with van der Waals surface area (Å²) in [4.78, 5) is 15.6. The van der Waals surface area contributed by atoms with Crippen molar-refractivity contribution in [2.75, 3.05) is 6.61 Å². The van der Waals surface area contributed by atoms with Crippen LogP contribution in [-0.2, 0) is 0 Å². The van der Waals surface area contributed by atoms with E-state index in [0.717, 1.165) is 42.9 Å². The lowest BCUT2D eigenvalue weighted by Gasteiger charge is -2.12. The Morgan fingerprint density at radius 2 is 1.62 bits per heavy atom. The molecule has 6 nitrogen and oxygen atoms in total. The fourth-order valence-electron chi connectivity index (χ4n) is 4.59. The van der Waals surface area contributed by atoms with Gasteiger partial charge < -0.3 is 4.74 Å². The average Bonchev–Trinajstić information content (AvgIpc) is 3.31. The Morgan fingerprint density at radius 3 is 2.28 bits per heavy atom. The molecule has 0 amide bonds. The van der Waals surface area contributed by atoms with E-state index in [-0.39, 0.29) is 0 Å². The first-order chi connectivity index (χ1) is 19.1. The Kier molecular flexibility index (Phi) is 6.39. The van der Waals surface area contributed by atoms with Gasteiger partial charge in [0.25, 0.3) is 0 Å². The molecular weight excluding hydrogens is 502 g/mol. The maximum absolute atomic E-state index is 10.2. The van der Waals surface area contributed by atoms with Crippen LogP contribution in [0.15, 0.2) is 90.1 Å². The van der Waals surface area contributed by atoms with Crippen molar-refractivity contribution in [1.29, 1.82) is 5.26 Å². The molecule has 0 unspecified atom stereocenters. The van der Waals surface area contributed by atoms with Crippen molar-refractivity contribution in [3.63, 3.8) is 0 Å². The van der Waals surface area contributed by atoms with E-state index in [1.54, 1.807) is 0 Å². The molecule has 6 rings (SSSR count). The fraction of sp³-hybridized carbons (Fsp3) is 0.125. The topological polar surface area (TPSA) is 76.1 Å². The Morgan fingerprint density at radius 1 is 0.923 bits per heavy atom. The zero-order chi connectivity index (χ0) is 26.9. The van der Waals surface area contributed by atoms with E-state index in [1.807, 2.05) is 66.1 Å². The van der Waals surface area contributed by atoms with Gasteiger partial charge in [-0.25, -0.2) is 15.0 Å². The van der Waals surface area contributed by atoms with Gasteiger partial charge in [0.1, 0.15) is 16.5 Å². The van der Waals surface area contributed by atoms with Gasteiger partial charge in [0, 0.05) is 22.8 Å². The third-order valence-electron chi connectivity index (χ3n) is 6.51. The number of hydrogen-bond acceptors (Lipinski definition) is 6. The number of rotatable bonds is 5. The number of thiophene rings is 1. The molecule has 190 valence electrons. The van der Waals surface area contributed by atoms with Crippen LogP contribution in [0, 0.1) is 25.2 Å². The maximum atomic E-state index is 10.2. The Labute approximate surface area is 230 Å². The zero-order valence-corrected chi connectivity index (χ0v) is 22.7. The number of hydrogen-bond donors (Lipinski definition) is 0. The molecule has 3 aromatic heterocycles. The predicted molar refractivity (Wildman–Crippen MR) is 157 cm³/mol. The van der Waals surface area contributed by atoms with E-state index in [9.17, 15) is 5.26 Å². The lowest BCUT2D eigenvalue weighted by Crippen LogP contribution is -2.22. The second-order valence-electron chi connectivity index (χ2n) is 9.27. The SMILES string of the molecule is CCOc1nc2sc3cn(-c4ccc(C)cc4)c(=Nc4ccc(C)cc4)nc3c2c(-c2ccccc2)c1C#N. The number of aromatic nitrogens is 3. The highest BCUT2D eigenvalue weighted by Gasteiger charge is 2.23. The number of nitrogens with zero attached hydrogens (tertiary/aromatic N) is 5. The van der Waals surface area contributed by atoms with Crippen LogP contribution in [0.3, 0.4) is 0 Å². The molecule has 3 aromatic carbocycles. The van der Waals surface area contributed by atoms with E-state index >= 15 is 0 Å². The summed E-state index contributed by atoms with van der Waals surface area (Å²) in [5.74, 6) is 0.342. The van der Waals surface area contributed by atoms with Crippen molar-refractivity contribution in [3.8, 4) is 28.8 Å². The van der Waals surface area contributed by atoms with Crippen LogP contribution < -0.4 is 10.4 Å². The van der Waals surface area contributed by atoms with Crippen molar-refractivity contribution in [2.45, 2.75) is 20.8 Å². The largest absolute Gasteiger partial charge is 0.477 e. The molecule has 0 spiro atoms. The van der Waals surface area contributed by atoms with E-state index in [4.69, 9.17) is 19.7 Å². The third-order valence-corrected chi connectivity index (χ3v) is 7.52. The molecule has 6 aromatic rings. The Bertz CT molecular complexity index is 1930. The van der Waals surface area contributed by atoms with Gasteiger partial charge in [-0.1, -0.05) is 65.7 Å². The number of benzene rings is 3. The summed E-state index contributed by atoms with van der Waals surface area (Å²) in [7, 11) is 0. The summed E-state index contributed by atoms with van der Waals surface area (Å²) < 4.78 is 8.79. The van der Waals surface area contributed by atoms with Crippen molar-refractivity contribution in [2.24, 2.45) is 4.99 Å². The number of pyridine rings is 1. The van der Waals surface area contributed by atoms with Gasteiger partial charge in [-0.05, 0) is 50.6 Å². The summed E-state index contributed by atoms with van der Waals surface area (Å²) in [5.41, 5.74) is 7.52. The Balaban J connectivity index is 1.74. The smallest absolute Gasteiger partial charge is 0.235 e. The highest BCUT2D eigenvalue weighted by molar-refractivity contribution is 7.25. The number of aryl methyl sites for hydroxylation is 2. The summed E-state index contributed by atoms with van der Waals surface area (Å²) in [6, 6.07) is 28.6. The van der Waals surface area contributed by atoms with Crippen molar-refractivity contribution in [1.82, 2.24) is 14.5 Å². The van der Waals surface area contributed by atoms with Gasteiger partial charge in [0.2, 0.25) is 11.5 Å². The molecule has 7 heteroatoms. The van der Waals surface area contributed by atoms with E-state index in [1.165, 1.54) is 22.5 Å². The van der Waals surface area contributed by atoms with Crippen molar-refractivity contribution >= 4 is 37.5 Å². The van der Waals surface area contributed by atoms with E-state index in [2.05, 4.69) is 50.4 Å². The van der Waals surface area contributed by atoms with Crippen LogP contribution in [0.4, 0.5) is 5.69 Å². The highest BCUT2D eigenvalue weighted by Crippen LogP contribution is 2.42. The minimum atomic E-state index is 0.342. The monoisotopic (exact) mass is 527 g/mol. The van der Waals surface area contributed by atoms with Crippen LogP contribution >= 0.6 is 11.3 Å². The fourth-order valence-corrected chi connectivity index (χ4v) is 5.63. The van der Waals surface area contributed by atoms with Crippen LogP contribution in [0.5, 0.6) is 5.88 Å². The van der Waals surface area contributed by atoms with Gasteiger partial charge in [0.05, 0.1) is 22.5 Å². The lowest BCUT2D eigenvalue weighted by atomic mass is 9.98. The first-order valence-electron chi connectivity index (χ1n) is 12.7. The number of fused-ring (bicyclic) bond motifs is 3. The predicted octanol–water partition coefficient (Wildman–Crippen LogP) is 7.42. The van der Waals surface area contributed by atoms with Gasteiger partial charge in [0.15, 0.2) is 0 Å². The van der Waals surface area contributed by atoms with Crippen LogP contribution in [0.2, 0.25) is 0 Å². The summed E-state index contributed by atoms with van der Waals surface area (Å²) in [6.45, 7) is 6.43. The summed E-state index contributed by atoms with van der Waals surface area (Å²) in [5, 5.41) is 11.1. The molecule has 0 radical (unpaired) electrons. The van der Waals surface area contributed by atoms with Crippen LogP contribution in [-0.4, -0.2) is 21.1 Å². The third kappa shape index (κ3) is 4.56. The molecule has 0 aliphatic heterocycles. The molecule has 0 N–H and O–H groups in total.